The number of rotatable bonds is 4. The zero-order valence-electron chi connectivity index (χ0n) is 15.7. The highest BCUT2D eigenvalue weighted by molar-refractivity contribution is 7.98. The minimum atomic E-state index is 0.142. The number of benzene rings is 1. The summed E-state index contributed by atoms with van der Waals surface area (Å²) in [4.78, 5) is 12.8. The van der Waals surface area contributed by atoms with Gasteiger partial charge in [0.25, 0.3) is 0 Å². The number of nitrogens with zero attached hydrogens (tertiary/aromatic N) is 2. The maximum absolute atomic E-state index is 12.8. The van der Waals surface area contributed by atoms with Gasteiger partial charge < -0.3 is 5.32 Å². The minimum absolute atomic E-state index is 0.142. The van der Waals surface area contributed by atoms with Crippen LogP contribution in [0.1, 0.15) is 60.9 Å². The highest BCUT2D eigenvalue weighted by Crippen LogP contribution is 2.37. The summed E-state index contributed by atoms with van der Waals surface area (Å²) in [6.45, 7) is 4.24. The van der Waals surface area contributed by atoms with Crippen molar-refractivity contribution in [1.29, 1.82) is 0 Å². The standard InChI is InChI=1S/C21H27N3OS/c1-14-7-6-10-19(15(14)2)24-21(17-12-26-13-18(17)23-24)22-20(25)11-16-8-4-3-5-9-16/h6-7,10,16H,3-5,8-9,11-13H2,1-2H3,(H,22,25). The quantitative estimate of drug-likeness (QED) is 0.811. The molecule has 26 heavy (non-hydrogen) atoms. The third kappa shape index (κ3) is 3.41. The van der Waals surface area contributed by atoms with Gasteiger partial charge in [-0.3, -0.25) is 4.79 Å². The van der Waals surface area contributed by atoms with Gasteiger partial charge in [0.1, 0.15) is 5.82 Å². The van der Waals surface area contributed by atoms with Gasteiger partial charge in [0.15, 0.2) is 0 Å². The van der Waals surface area contributed by atoms with Crippen molar-refractivity contribution in [2.75, 3.05) is 5.32 Å². The van der Waals surface area contributed by atoms with Gasteiger partial charge in [-0.15, -0.1) is 0 Å². The molecule has 0 atom stereocenters. The third-order valence-corrected chi connectivity index (χ3v) is 6.78. The largest absolute Gasteiger partial charge is 0.310 e. The lowest BCUT2D eigenvalue weighted by molar-refractivity contribution is -0.117. The van der Waals surface area contributed by atoms with E-state index in [0.717, 1.165) is 28.7 Å². The fourth-order valence-electron chi connectivity index (χ4n) is 4.12. The van der Waals surface area contributed by atoms with Gasteiger partial charge in [-0.25, -0.2) is 4.68 Å². The van der Waals surface area contributed by atoms with Crippen LogP contribution in [0.4, 0.5) is 5.82 Å². The summed E-state index contributed by atoms with van der Waals surface area (Å²) >= 11 is 1.87. The Kier molecular flexibility index (Phi) is 5.07. The maximum Gasteiger partial charge on any atom is 0.225 e. The van der Waals surface area contributed by atoms with E-state index >= 15 is 0 Å². The Balaban J connectivity index is 1.62. The third-order valence-electron chi connectivity index (χ3n) is 5.81. The first kappa shape index (κ1) is 17.7. The highest BCUT2D eigenvalue weighted by atomic mass is 32.2. The molecule has 138 valence electrons. The Labute approximate surface area is 159 Å². The molecule has 1 saturated carbocycles. The fourth-order valence-corrected chi connectivity index (χ4v) is 5.15. The summed E-state index contributed by atoms with van der Waals surface area (Å²) in [6, 6.07) is 6.27. The van der Waals surface area contributed by atoms with Gasteiger partial charge in [0.2, 0.25) is 5.91 Å². The number of thioether (sulfide) groups is 1. The number of hydrogen-bond donors (Lipinski definition) is 1. The van der Waals surface area contributed by atoms with Crippen LogP contribution in [0.5, 0.6) is 0 Å². The minimum Gasteiger partial charge on any atom is -0.310 e. The molecule has 5 heteroatoms. The van der Waals surface area contributed by atoms with Crippen molar-refractivity contribution in [3.63, 3.8) is 0 Å². The molecule has 4 rings (SSSR count). The second-order valence-corrected chi connectivity index (χ2v) is 8.64. The van der Waals surface area contributed by atoms with Crippen LogP contribution in [-0.4, -0.2) is 15.7 Å². The second-order valence-electron chi connectivity index (χ2n) is 7.65. The molecule has 4 nitrogen and oxygen atoms in total. The van der Waals surface area contributed by atoms with E-state index in [0.29, 0.717) is 12.3 Å². The number of carbonyl (C=O) groups is 1. The molecular weight excluding hydrogens is 342 g/mol. The van der Waals surface area contributed by atoms with Crippen LogP contribution >= 0.6 is 11.8 Å². The molecule has 0 saturated heterocycles. The number of hydrogen-bond acceptors (Lipinski definition) is 3. The van der Waals surface area contributed by atoms with Crippen molar-refractivity contribution < 1.29 is 4.79 Å². The van der Waals surface area contributed by atoms with Crippen LogP contribution in [0, 0.1) is 19.8 Å². The van der Waals surface area contributed by atoms with Crippen LogP contribution in [0.2, 0.25) is 0 Å². The van der Waals surface area contributed by atoms with Crippen molar-refractivity contribution in [2.24, 2.45) is 5.92 Å². The number of amides is 1. The van der Waals surface area contributed by atoms with Gasteiger partial charge in [-0.05, 0) is 49.8 Å². The zero-order chi connectivity index (χ0) is 18.1. The lowest BCUT2D eigenvalue weighted by Gasteiger charge is -2.21. The van der Waals surface area contributed by atoms with E-state index in [4.69, 9.17) is 5.10 Å². The summed E-state index contributed by atoms with van der Waals surface area (Å²) in [5.41, 5.74) is 5.84. The monoisotopic (exact) mass is 369 g/mol. The molecule has 1 aromatic heterocycles. The van der Waals surface area contributed by atoms with E-state index in [1.165, 1.54) is 48.8 Å². The second kappa shape index (κ2) is 7.47. The average Bonchev–Trinajstić information content (AvgIpc) is 3.21. The molecule has 2 aromatic rings. The first-order chi connectivity index (χ1) is 12.6. The average molecular weight is 370 g/mol. The molecule has 2 heterocycles. The number of carbonyl (C=O) groups excluding carboxylic acids is 1. The van der Waals surface area contributed by atoms with Crippen molar-refractivity contribution >= 4 is 23.5 Å². The lowest BCUT2D eigenvalue weighted by Crippen LogP contribution is -2.20. The van der Waals surface area contributed by atoms with Gasteiger partial charge in [-0.2, -0.15) is 16.9 Å². The summed E-state index contributed by atoms with van der Waals surface area (Å²) < 4.78 is 1.96. The number of fused-ring (bicyclic) bond motifs is 1. The van der Waals surface area contributed by atoms with E-state index in [9.17, 15) is 4.79 Å². The van der Waals surface area contributed by atoms with Crippen LogP contribution in [0.15, 0.2) is 18.2 Å². The summed E-state index contributed by atoms with van der Waals surface area (Å²) in [5, 5.41) is 8.08. The molecule has 1 aliphatic carbocycles. The Morgan fingerprint density at radius 3 is 2.85 bits per heavy atom. The summed E-state index contributed by atoms with van der Waals surface area (Å²) in [6.07, 6.45) is 6.88. The molecule has 2 aliphatic rings. The van der Waals surface area contributed by atoms with Crippen LogP contribution in [0.25, 0.3) is 5.69 Å². The molecule has 1 aromatic carbocycles. The molecule has 0 spiro atoms. The van der Waals surface area contributed by atoms with Crippen LogP contribution in [-0.2, 0) is 16.3 Å². The smallest absolute Gasteiger partial charge is 0.225 e. The van der Waals surface area contributed by atoms with Crippen LogP contribution < -0.4 is 5.32 Å². The number of anilines is 1. The fraction of sp³-hybridized carbons (Fsp3) is 0.524. The summed E-state index contributed by atoms with van der Waals surface area (Å²) in [7, 11) is 0. The highest BCUT2D eigenvalue weighted by Gasteiger charge is 2.26. The van der Waals surface area contributed by atoms with Crippen molar-refractivity contribution in [1.82, 2.24) is 9.78 Å². The Morgan fingerprint density at radius 1 is 1.23 bits per heavy atom. The van der Waals surface area contributed by atoms with E-state index in [2.05, 4.69) is 37.4 Å². The Bertz CT molecular complexity index is 821. The number of nitrogens with one attached hydrogen (secondary N) is 1. The molecule has 0 unspecified atom stereocenters. The van der Waals surface area contributed by atoms with Crippen LogP contribution in [0.3, 0.4) is 0 Å². The normalized spacial score (nSPS) is 17.3. The van der Waals surface area contributed by atoms with E-state index < -0.39 is 0 Å². The number of aryl methyl sites for hydroxylation is 1. The van der Waals surface area contributed by atoms with Gasteiger partial charge >= 0.3 is 0 Å². The maximum atomic E-state index is 12.8. The molecule has 1 fully saturated rings. The molecule has 1 N–H and O–H groups in total. The van der Waals surface area contributed by atoms with Gasteiger partial charge in [-0.1, -0.05) is 31.4 Å². The molecular formula is C21H27N3OS. The number of aromatic nitrogens is 2. The van der Waals surface area contributed by atoms with E-state index in [-0.39, 0.29) is 5.91 Å². The van der Waals surface area contributed by atoms with Gasteiger partial charge in [0, 0.05) is 23.5 Å². The first-order valence-electron chi connectivity index (χ1n) is 9.68. The predicted octanol–water partition coefficient (Wildman–Crippen LogP) is 5.14. The molecule has 0 bridgehead atoms. The topological polar surface area (TPSA) is 46.9 Å². The lowest BCUT2D eigenvalue weighted by atomic mass is 9.87. The summed E-state index contributed by atoms with van der Waals surface area (Å²) in [5.74, 6) is 3.43. The van der Waals surface area contributed by atoms with E-state index in [1.54, 1.807) is 0 Å². The Hall–Kier alpha value is -1.75. The van der Waals surface area contributed by atoms with Gasteiger partial charge in [0.05, 0.1) is 11.4 Å². The van der Waals surface area contributed by atoms with Crippen molar-refractivity contribution in [3.8, 4) is 5.69 Å². The van der Waals surface area contributed by atoms with Crippen molar-refractivity contribution in [2.45, 2.75) is 63.9 Å². The molecule has 1 amide bonds. The Morgan fingerprint density at radius 2 is 2.04 bits per heavy atom. The predicted molar refractivity (Wildman–Crippen MR) is 108 cm³/mol. The van der Waals surface area contributed by atoms with E-state index in [1.807, 2.05) is 16.4 Å². The van der Waals surface area contributed by atoms with Crippen molar-refractivity contribution in [3.05, 3.63) is 40.6 Å². The molecule has 0 radical (unpaired) electrons. The first-order valence-corrected chi connectivity index (χ1v) is 10.8. The SMILES string of the molecule is Cc1cccc(-n2nc3c(c2NC(=O)CC2CCCCC2)CSC3)c1C. The zero-order valence-corrected chi connectivity index (χ0v) is 16.5. The molecule has 1 aliphatic heterocycles.